The van der Waals surface area contributed by atoms with Crippen LogP contribution in [0.3, 0.4) is 0 Å². The molecule has 0 spiro atoms. The third-order valence-electron chi connectivity index (χ3n) is 5.23. The van der Waals surface area contributed by atoms with Gasteiger partial charge >= 0.3 is 0 Å². The van der Waals surface area contributed by atoms with Gasteiger partial charge in [0.15, 0.2) is 0 Å². The molecule has 1 heteroatoms. The van der Waals surface area contributed by atoms with E-state index in [2.05, 4.69) is 48.5 Å². The Bertz CT molecular complexity index is 627. The molecule has 0 bridgehead atoms. The van der Waals surface area contributed by atoms with Crippen LogP contribution in [0.15, 0.2) is 48.5 Å². The van der Waals surface area contributed by atoms with Crippen molar-refractivity contribution in [2.24, 2.45) is 5.73 Å². The molecule has 0 amide bonds. The van der Waals surface area contributed by atoms with Gasteiger partial charge in [0.05, 0.1) is 0 Å². The van der Waals surface area contributed by atoms with Crippen LogP contribution in [0.2, 0.25) is 0 Å². The van der Waals surface area contributed by atoms with Gasteiger partial charge in [-0.1, -0.05) is 55.0 Å². The monoisotopic (exact) mass is 263 g/mol. The molecule has 1 saturated carbocycles. The van der Waals surface area contributed by atoms with E-state index in [-0.39, 0.29) is 6.04 Å². The van der Waals surface area contributed by atoms with E-state index < -0.39 is 0 Å². The number of nitrogens with two attached hydrogens (primary N) is 1. The zero-order valence-electron chi connectivity index (χ0n) is 11.8. The number of benzene rings is 2. The zero-order chi connectivity index (χ0) is 13.5. The summed E-state index contributed by atoms with van der Waals surface area (Å²) in [7, 11) is 0. The van der Waals surface area contributed by atoms with Crippen LogP contribution in [0, 0.1) is 0 Å². The number of rotatable bonds is 3. The fraction of sp³-hybridized carbons (Fsp3) is 0.368. The van der Waals surface area contributed by atoms with Gasteiger partial charge in [-0.05, 0) is 47.4 Å². The summed E-state index contributed by atoms with van der Waals surface area (Å²) in [6, 6.07) is 17.7. The van der Waals surface area contributed by atoms with E-state index in [4.69, 9.17) is 5.73 Å². The van der Waals surface area contributed by atoms with E-state index in [1.807, 2.05) is 0 Å². The van der Waals surface area contributed by atoms with Crippen LogP contribution in [0.25, 0.3) is 0 Å². The summed E-state index contributed by atoms with van der Waals surface area (Å²) < 4.78 is 0. The molecule has 0 aromatic heterocycles. The van der Waals surface area contributed by atoms with Crippen molar-refractivity contribution in [3.8, 4) is 0 Å². The summed E-state index contributed by atoms with van der Waals surface area (Å²) >= 11 is 0. The molecule has 102 valence electrons. The Morgan fingerprint density at radius 2 is 1.60 bits per heavy atom. The average molecular weight is 263 g/mol. The van der Waals surface area contributed by atoms with Crippen LogP contribution >= 0.6 is 0 Å². The Kier molecular flexibility index (Phi) is 2.89. The number of hydrogen-bond donors (Lipinski definition) is 1. The summed E-state index contributed by atoms with van der Waals surface area (Å²) in [6.07, 6.45) is 5.19. The minimum absolute atomic E-state index is 0.154. The molecule has 2 aromatic carbocycles. The molecule has 2 unspecified atom stereocenters. The fourth-order valence-electron chi connectivity index (χ4n) is 3.74. The molecular weight excluding hydrogens is 242 g/mol. The molecule has 2 atom stereocenters. The molecular formula is C19H21N. The molecule has 1 fully saturated rings. The highest BCUT2D eigenvalue weighted by Gasteiger charge is 2.33. The first-order valence-corrected chi connectivity index (χ1v) is 7.77. The molecule has 2 aliphatic carbocycles. The maximum absolute atomic E-state index is 6.63. The van der Waals surface area contributed by atoms with Crippen LogP contribution in [-0.2, 0) is 6.42 Å². The second-order valence-electron chi connectivity index (χ2n) is 6.29. The molecule has 0 heterocycles. The fourth-order valence-corrected chi connectivity index (χ4v) is 3.74. The minimum atomic E-state index is 0.154. The van der Waals surface area contributed by atoms with Gasteiger partial charge in [-0.25, -0.2) is 0 Å². The lowest BCUT2D eigenvalue weighted by Gasteiger charge is -2.37. The van der Waals surface area contributed by atoms with Crippen LogP contribution in [0.5, 0.6) is 0 Å². The standard InChI is InChI=1S/C19H21N/c20-19(18-12-14-6-1-2-10-16(14)18)17-11-4-3-9-15(17)13-7-5-8-13/h1-4,6,9-11,13,18-19H,5,7-8,12,20H2. The summed E-state index contributed by atoms with van der Waals surface area (Å²) in [4.78, 5) is 0. The van der Waals surface area contributed by atoms with E-state index in [9.17, 15) is 0 Å². The van der Waals surface area contributed by atoms with Crippen LogP contribution in [0.4, 0.5) is 0 Å². The average Bonchev–Trinajstić information content (AvgIpc) is 2.39. The molecule has 4 rings (SSSR count). The maximum Gasteiger partial charge on any atom is 0.0370 e. The lowest BCUT2D eigenvalue weighted by atomic mass is 9.69. The Hall–Kier alpha value is -1.60. The quantitative estimate of drug-likeness (QED) is 0.878. The number of hydrogen-bond acceptors (Lipinski definition) is 1. The molecule has 0 radical (unpaired) electrons. The number of fused-ring (bicyclic) bond motifs is 1. The highest BCUT2D eigenvalue weighted by atomic mass is 14.7. The summed E-state index contributed by atoms with van der Waals surface area (Å²) in [5.41, 5.74) is 12.5. The highest BCUT2D eigenvalue weighted by molar-refractivity contribution is 5.45. The Balaban J connectivity index is 1.65. The Morgan fingerprint density at radius 1 is 0.900 bits per heavy atom. The van der Waals surface area contributed by atoms with Gasteiger partial charge < -0.3 is 5.73 Å². The SMILES string of the molecule is NC(c1ccccc1C1CCC1)C1Cc2ccccc21. The van der Waals surface area contributed by atoms with Gasteiger partial charge in [0.1, 0.15) is 0 Å². The molecule has 2 N–H and O–H groups in total. The van der Waals surface area contributed by atoms with Crippen molar-refractivity contribution in [2.75, 3.05) is 0 Å². The third kappa shape index (κ3) is 1.81. The first-order chi connectivity index (χ1) is 9.84. The van der Waals surface area contributed by atoms with E-state index in [0.29, 0.717) is 5.92 Å². The van der Waals surface area contributed by atoms with Gasteiger partial charge in [-0.2, -0.15) is 0 Å². The van der Waals surface area contributed by atoms with Gasteiger partial charge in [0.25, 0.3) is 0 Å². The van der Waals surface area contributed by atoms with Crippen molar-refractivity contribution in [3.63, 3.8) is 0 Å². The van der Waals surface area contributed by atoms with E-state index in [1.54, 1.807) is 0 Å². The molecule has 0 aliphatic heterocycles. The Labute approximate surface area is 120 Å². The van der Waals surface area contributed by atoms with Gasteiger partial charge in [0, 0.05) is 12.0 Å². The first kappa shape index (κ1) is 12.2. The van der Waals surface area contributed by atoms with E-state index >= 15 is 0 Å². The topological polar surface area (TPSA) is 26.0 Å². The molecule has 0 saturated heterocycles. The van der Waals surface area contributed by atoms with E-state index in [0.717, 1.165) is 12.3 Å². The first-order valence-electron chi connectivity index (χ1n) is 7.77. The zero-order valence-corrected chi connectivity index (χ0v) is 11.8. The molecule has 2 aromatic rings. The van der Waals surface area contributed by atoms with Crippen molar-refractivity contribution >= 4 is 0 Å². The van der Waals surface area contributed by atoms with Crippen molar-refractivity contribution in [1.82, 2.24) is 0 Å². The van der Waals surface area contributed by atoms with Crippen LogP contribution in [-0.4, -0.2) is 0 Å². The van der Waals surface area contributed by atoms with Crippen molar-refractivity contribution in [1.29, 1.82) is 0 Å². The molecule has 2 aliphatic rings. The second kappa shape index (κ2) is 4.75. The van der Waals surface area contributed by atoms with Crippen molar-refractivity contribution in [3.05, 3.63) is 70.8 Å². The summed E-state index contributed by atoms with van der Waals surface area (Å²) in [6.45, 7) is 0. The predicted molar refractivity (Wildman–Crippen MR) is 82.8 cm³/mol. The molecule has 20 heavy (non-hydrogen) atoms. The van der Waals surface area contributed by atoms with Crippen molar-refractivity contribution < 1.29 is 0 Å². The largest absolute Gasteiger partial charge is 0.323 e. The van der Waals surface area contributed by atoms with Crippen molar-refractivity contribution in [2.45, 2.75) is 43.6 Å². The summed E-state index contributed by atoms with van der Waals surface area (Å²) in [5, 5.41) is 0. The van der Waals surface area contributed by atoms with Gasteiger partial charge in [0.2, 0.25) is 0 Å². The Morgan fingerprint density at radius 3 is 2.30 bits per heavy atom. The van der Waals surface area contributed by atoms with Crippen LogP contribution in [0.1, 0.15) is 59.4 Å². The van der Waals surface area contributed by atoms with E-state index in [1.165, 1.54) is 41.5 Å². The smallest absolute Gasteiger partial charge is 0.0370 e. The molecule has 1 nitrogen and oxygen atoms in total. The lowest BCUT2D eigenvalue weighted by molar-refractivity contribution is 0.409. The second-order valence-corrected chi connectivity index (χ2v) is 6.29. The maximum atomic E-state index is 6.63. The van der Waals surface area contributed by atoms with Gasteiger partial charge in [-0.15, -0.1) is 0 Å². The summed E-state index contributed by atoms with van der Waals surface area (Å²) in [5.74, 6) is 1.26. The lowest BCUT2D eigenvalue weighted by Crippen LogP contribution is -2.30. The highest BCUT2D eigenvalue weighted by Crippen LogP contribution is 2.46. The van der Waals surface area contributed by atoms with Crippen LogP contribution < -0.4 is 5.73 Å². The third-order valence-corrected chi connectivity index (χ3v) is 5.23. The predicted octanol–water partition coefficient (Wildman–Crippen LogP) is 4.29. The van der Waals surface area contributed by atoms with Gasteiger partial charge in [-0.3, -0.25) is 0 Å². The normalized spacial score (nSPS) is 22.6. The minimum Gasteiger partial charge on any atom is -0.323 e.